The Labute approximate surface area is 127 Å². The van der Waals surface area contributed by atoms with Crippen LogP contribution in [-0.4, -0.2) is 16.1 Å². The van der Waals surface area contributed by atoms with Crippen LogP contribution in [0.2, 0.25) is 0 Å². The Bertz CT molecular complexity index is 622. The molecule has 3 rings (SSSR count). The first kappa shape index (κ1) is 14.3. The van der Waals surface area contributed by atoms with E-state index in [1.165, 1.54) is 23.3 Å². The van der Waals surface area contributed by atoms with Crippen LogP contribution in [0.4, 0.5) is 0 Å². The molecular formula is C15H18N2O3S. The Hall–Kier alpha value is -1.69. The molecule has 5 nitrogen and oxygen atoms in total. The van der Waals surface area contributed by atoms with Gasteiger partial charge >= 0.3 is 5.97 Å². The van der Waals surface area contributed by atoms with E-state index in [2.05, 4.69) is 10.1 Å². The number of aromatic nitrogens is 2. The standard InChI is InChI=1S/C15H18N2O3S/c1-9(2)14-16-13(20-17-14)8-19-15(18)12-7-10-5-3-4-6-11(10)21-12/h7,9H,3-6,8H2,1-2H3. The van der Waals surface area contributed by atoms with Crippen LogP contribution in [0.25, 0.3) is 0 Å². The van der Waals surface area contributed by atoms with Gasteiger partial charge in [-0.25, -0.2) is 4.79 Å². The lowest BCUT2D eigenvalue weighted by atomic mass is 9.99. The summed E-state index contributed by atoms with van der Waals surface area (Å²) < 4.78 is 10.3. The molecule has 0 saturated carbocycles. The average molecular weight is 306 g/mol. The number of carbonyl (C=O) groups excluding carboxylic acids is 1. The van der Waals surface area contributed by atoms with Gasteiger partial charge in [0.1, 0.15) is 4.88 Å². The van der Waals surface area contributed by atoms with Gasteiger partial charge in [0.25, 0.3) is 5.89 Å². The number of aryl methyl sites for hydroxylation is 2. The maximum absolute atomic E-state index is 12.1. The Morgan fingerprint density at radius 1 is 1.43 bits per heavy atom. The van der Waals surface area contributed by atoms with Crippen LogP contribution in [0.15, 0.2) is 10.6 Å². The molecule has 1 aliphatic rings. The van der Waals surface area contributed by atoms with Crippen molar-refractivity contribution in [1.82, 2.24) is 10.1 Å². The normalized spacial score (nSPS) is 14.2. The van der Waals surface area contributed by atoms with Crippen LogP contribution in [0.1, 0.15) is 64.4 Å². The highest BCUT2D eigenvalue weighted by molar-refractivity contribution is 7.14. The minimum atomic E-state index is -0.307. The second kappa shape index (κ2) is 5.97. The molecule has 2 heterocycles. The van der Waals surface area contributed by atoms with E-state index in [-0.39, 0.29) is 18.5 Å². The van der Waals surface area contributed by atoms with E-state index < -0.39 is 0 Å². The van der Waals surface area contributed by atoms with Crippen molar-refractivity contribution in [2.24, 2.45) is 0 Å². The predicted molar refractivity (Wildman–Crippen MR) is 78.5 cm³/mol. The number of fused-ring (bicyclic) bond motifs is 1. The number of thiophene rings is 1. The van der Waals surface area contributed by atoms with E-state index in [4.69, 9.17) is 9.26 Å². The van der Waals surface area contributed by atoms with Crippen LogP contribution in [-0.2, 0) is 24.2 Å². The maximum atomic E-state index is 12.1. The fraction of sp³-hybridized carbons (Fsp3) is 0.533. The number of rotatable bonds is 4. The molecule has 1 aliphatic carbocycles. The van der Waals surface area contributed by atoms with Crippen molar-refractivity contribution in [1.29, 1.82) is 0 Å². The second-order valence-corrected chi connectivity index (χ2v) is 6.68. The minimum Gasteiger partial charge on any atom is -0.451 e. The van der Waals surface area contributed by atoms with Crippen LogP contribution in [0.5, 0.6) is 0 Å². The third-order valence-corrected chi connectivity index (χ3v) is 4.74. The molecule has 0 saturated heterocycles. The first-order valence-electron chi connectivity index (χ1n) is 7.24. The van der Waals surface area contributed by atoms with Crippen molar-refractivity contribution in [3.05, 3.63) is 33.1 Å². The van der Waals surface area contributed by atoms with Gasteiger partial charge in [0.15, 0.2) is 12.4 Å². The highest BCUT2D eigenvalue weighted by atomic mass is 32.1. The zero-order valence-corrected chi connectivity index (χ0v) is 13.0. The minimum absolute atomic E-state index is 0.0289. The lowest BCUT2D eigenvalue weighted by molar-refractivity contribution is 0.0435. The molecule has 0 radical (unpaired) electrons. The van der Waals surface area contributed by atoms with Crippen molar-refractivity contribution in [2.75, 3.05) is 0 Å². The van der Waals surface area contributed by atoms with Gasteiger partial charge in [0.2, 0.25) is 0 Å². The van der Waals surface area contributed by atoms with Gasteiger partial charge < -0.3 is 9.26 Å². The molecular weight excluding hydrogens is 288 g/mol. The first-order valence-corrected chi connectivity index (χ1v) is 8.06. The smallest absolute Gasteiger partial charge is 0.348 e. The van der Waals surface area contributed by atoms with E-state index >= 15 is 0 Å². The fourth-order valence-electron chi connectivity index (χ4n) is 2.35. The maximum Gasteiger partial charge on any atom is 0.348 e. The summed E-state index contributed by atoms with van der Waals surface area (Å²) in [4.78, 5) is 18.3. The summed E-state index contributed by atoms with van der Waals surface area (Å²) in [5, 5.41) is 3.84. The fourth-order valence-corrected chi connectivity index (χ4v) is 3.50. The lowest BCUT2D eigenvalue weighted by Gasteiger charge is -2.08. The summed E-state index contributed by atoms with van der Waals surface area (Å²) in [6.45, 7) is 3.99. The molecule has 0 aliphatic heterocycles. The molecule has 0 atom stereocenters. The van der Waals surface area contributed by atoms with E-state index in [1.54, 1.807) is 11.3 Å². The summed E-state index contributed by atoms with van der Waals surface area (Å²) in [7, 11) is 0. The quantitative estimate of drug-likeness (QED) is 0.809. The molecule has 0 unspecified atom stereocenters. The van der Waals surface area contributed by atoms with E-state index in [9.17, 15) is 4.79 Å². The second-order valence-electron chi connectivity index (χ2n) is 5.54. The van der Waals surface area contributed by atoms with Gasteiger partial charge in [-0.3, -0.25) is 0 Å². The molecule has 0 fully saturated rings. The highest BCUT2D eigenvalue weighted by Crippen LogP contribution is 2.30. The van der Waals surface area contributed by atoms with Crippen molar-refractivity contribution >= 4 is 17.3 Å². The topological polar surface area (TPSA) is 65.2 Å². The summed E-state index contributed by atoms with van der Waals surface area (Å²) in [5.41, 5.74) is 1.30. The molecule has 0 N–H and O–H groups in total. The Balaban J connectivity index is 1.62. The van der Waals surface area contributed by atoms with Gasteiger partial charge in [-0.05, 0) is 37.3 Å². The van der Waals surface area contributed by atoms with E-state index in [1.807, 2.05) is 19.9 Å². The summed E-state index contributed by atoms with van der Waals surface area (Å²) in [6, 6.07) is 1.97. The molecule has 0 spiro atoms. The highest BCUT2D eigenvalue weighted by Gasteiger charge is 2.19. The molecule has 0 amide bonds. The van der Waals surface area contributed by atoms with Crippen LogP contribution in [0.3, 0.4) is 0 Å². The molecule has 0 aromatic carbocycles. The Morgan fingerprint density at radius 3 is 2.95 bits per heavy atom. The number of esters is 1. The zero-order chi connectivity index (χ0) is 14.8. The van der Waals surface area contributed by atoms with Gasteiger partial charge in [0, 0.05) is 10.8 Å². The zero-order valence-electron chi connectivity index (χ0n) is 12.2. The molecule has 2 aromatic rings. The predicted octanol–water partition coefficient (Wildman–Crippen LogP) is 3.49. The van der Waals surface area contributed by atoms with Gasteiger partial charge in [-0.2, -0.15) is 4.98 Å². The molecule has 2 aromatic heterocycles. The first-order chi connectivity index (χ1) is 10.1. The van der Waals surface area contributed by atoms with Gasteiger partial charge in [-0.15, -0.1) is 11.3 Å². The Kier molecular flexibility index (Phi) is 4.05. The van der Waals surface area contributed by atoms with Crippen LogP contribution >= 0.6 is 11.3 Å². The van der Waals surface area contributed by atoms with Crippen molar-refractivity contribution < 1.29 is 14.1 Å². The van der Waals surface area contributed by atoms with Crippen molar-refractivity contribution in [2.45, 2.75) is 52.1 Å². The average Bonchev–Trinajstić information content (AvgIpc) is 3.11. The molecule has 0 bridgehead atoms. The number of hydrogen-bond donors (Lipinski definition) is 0. The van der Waals surface area contributed by atoms with E-state index in [0.717, 1.165) is 12.8 Å². The SMILES string of the molecule is CC(C)c1noc(COC(=O)c2cc3c(s2)CCCC3)n1. The summed E-state index contributed by atoms with van der Waals surface area (Å²) in [5.74, 6) is 0.863. The largest absolute Gasteiger partial charge is 0.451 e. The Morgan fingerprint density at radius 2 is 2.24 bits per heavy atom. The van der Waals surface area contributed by atoms with Crippen LogP contribution in [0, 0.1) is 0 Å². The van der Waals surface area contributed by atoms with E-state index in [0.29, 0.717) is 16.6 Å². The molecule has 6 heteroatoms. The molecule has 21 heavy (non-hydrogen) atoms. The number of carbonyl (C=O) groups is 1. The number of hydrogen-bond acceptors (Lipinski definition) is 6. The number of ether oxygens (including phenoxy) is 1. The summed E-state index contributed by atoms with van der Waals surface area (Å²) >= 11 is 1.55. The molecule has 112 valence electrons. The number of nitrogens with zero attached hydrogens (tertiary/aromatic N) is 2. The summed E-state index contributed by atoms with van der Waals surface area (Å²) in [6.07, 6.45) is 4.56. The monoisotopic (exact) mass is 306 g/mol. The van der Waals surface area contributed by atoms with Crippen LogP contribution < -0.4 is 0 Å². The van der Waals surface area contributed by atoms with Crippen molar-refractivity contribution in [3.8, 4) is 0 Å². The van der Waals surface area contributed by atoms with Gasteiger partial charge in [0.05, 0.1) is 0 Å². The van der Waals surface area contributed by atoms with Crippen molar-refractivity contribution in [3.63, 3.8) is 0 Å². The third kappa shape index (κ3) is 3.15. The third-order valence-electron chi connectivity index (χ3n) is 3.52. The lowest BCUT2D eigenvalue weighted by Crippen LogP contribution is -2.03. The van der Waals surface area contributed by atoms with Gasteiger partial charge in [-0.1, -0.05) is 19.0 Å².